The molecule has 0 aliphatic carbocycles. The van der Waals surface area contributed by atoms with Crippen LogP contribution in [0.25, 0.3) is 11.3 Å². The fourth-order valence-electron chi connectivity index (χ4n) is 2.57. The van der Waals surface area contributed by atoms with E-state index < -0.39 is 0 Å². The third-order valence-corrected chi connectivity index (χ3v) is 5.39. The van der Waals surface area contributed by atoms with Gasteiger partial charge in [0.15, 0.2) is 5.13 Å². The molecule has 3 rings (SSSR count). The highest BCUT2D eigenvalue weighted by molar-refractivity contribution is 9.10. The molecule has 7 heteroatoms. The van der Waals surface area contributed by atoms with Gasteiger partial charge < -0.3 is 14.8 Å². The van der Waals surface area contributed by atoms with E-state index >= 15 is 0 Å². The Balaban J connectivity index is 1.47. The lowest BCUT2D eigenvalue weighted by Crippen LogP contribution is -2.12. The number of halogens is 1. The minimum absolute atomic E-state index is 0.0712. The van der Waals surface area contributed by atoms with Gasteiger partial charge >= 0.3 is 0 Å². The van der Waals surface area contributed by atoms with Crippen molar-refractivity contribution < 1.29 is 14.3 Å². The smallest absolute Gasteiger partial charge is 0.226 e. The van der Waals surface area contributed by atoms with Crippen molar-refractivity contribution >= 4 is 38.3 Å². The zero-order valence-electron chi connectivity index (χ0n) is 15.7. The minimum Gasteiger partial charge on any atom is -0.497 e. The van der Waals surface area contributed by atoms with Gasteiger partial charge in [-0.05, 0) is 59.1 Å². The molecule has 0 atom stereocenters. The molecule has 3 aromatic rings. The van der Waals surface area contributed by atoms with Crippen molar-refractivity contribution in [3.05, 3.63) is 57.9 Å². The molecule has 0 bridgehead atoms. The van der Waals surface area contributed by atoms with E-state index in [1.54, 1.807) is 7.11 Å². The number of aromatic nitrogens is 1. The molecule has 0 saturated carbocycles. The average molecular weight is 461 g/mol. The van der Waals surface area contributed by atoms with Crippen LogP contribution in [0.15, 0.2) is 52.3 Å². The van der Waals surface area contributed by atoms with E-state index in [1.807, 2.05) is 54.8 Å². The molecule has 0 spiro atoms. The molecular formula is C21H21BrN2O3S. The van der Waals surface area contributed by atoms with Gasteiger partial charge in [0.2, 0.25) is 5.91 Å². The molecule has 1 N–H and O–H groups in total. The Morgan fingerprint density at radius 2 is 2.11 bits per heavy atom. The minimum atomic E-state index is -0.0712. The van der Waals surface area contributed by atoms with Gasteiger partial charge in [-0.3, -0.25) is 4.79 Å². The van der Waals surface area contributed by atoms with Gasteiger partial charge in [-0.15, -0.1) is 11.3 Å². The Kier molecular flexibility index (Phi) is 7.06. The zero-order chi connectivity index (χ0) is 19.9. The number of thiazole rings is 1. The second-order valence-corrected chi connectivity index (χ2v) is 7.92. The number of nitrogens with one attached hydrogen (secondary N) is 1. The van der Waals surface area contributed by atoms with Crippen LogP contribution >= 0.6 is 27.3 Å². The normalized spacial score (nSPS) is 10.5. The number of hydrogen-bond donors (Lipinski definition) is 1. The van der Waals surface area contributed by atoms with E-state index in [4.69, 9.17) is 9.47 Å². The van der Waals surface area contributed by atoms with Crippen LogP contribution in [0.2, 0.25) is 0 Å². The van der Waals surface area contributed by atoms with Gasteiger partial charge in [0.25, 0.3) is 0 Å². The topological polar surface area (TPSA) is 60.5 Å². The molecule has 1 amide bonds. The number of nitrogens with zero attached hydrogens (tertiary/aromatic N) is 1. The summed E-state index contributed by atoms with van der Waals surface area (Å²) in [5.74, 6) is 1.49. The molecular weight excluding hydrogens is 440 g/mol. The van der Waals surface area contributed by atoms with Crippen molar-refractivity contribution in [2.45, 2.75) is 19.8 Å². The third kappa shape index (κ3) is 5.56. The summed E-state index contributed by atoms with van der Waals surface area (Å²) in [4.78, 5) is 16.6. The lowest BCUT2D eigenvalue weighted by atomic mass is 10.2. The summed E-state index contributed by atoms with van der Waals surface area (Å²) in [6.45, 7) is 2.50. The molecule has 0 fully saturated rings. The number of carbonyl (C=O) groups excluding carboxylic acids is 1. The lowest BCUT2D eigenvalue weighted by molar-refractivity contribution is -0.116. The molecule has 146 valence electrons. The number of hydrogen-bond acceptors (Lipinski definition) is 5. The largest absolute Gasteiger partial charge is 0.497 e. The van der Waals surface area contributed by atoms with Crippen LogP contribution in [-0.2, 0) is 4.79 Å². The van der Waals surface area contributed by atoms with Gasteiger partial charge in [0, 0.05) is 17.4 Å². The summed E-state index contributed by atoms with van der Waals surface area (Å²) in [6, 6.07) is 13.6. The standard InChI is InChI=1S/C21H21BrN2O3S/c1-14-8-9-19(17(22)11-14)27-10-4-7-20(25)24-21-23-18(13-28-21)15-5-3-6-16(12-15)26-2/h3,5-6,8-9,11-13H,4,7,10H2,1-2H3,(H,23,24,25). The molecule has 0 aliphatic rings. The number of aryl methyl sites for hydroxylation is 1. The van der Waals surface area contributed by atoms with E-state index in [0.29, 0.717) is 24.6 Å². The average Bonchev–Trinajstić information content (AvgIpc) is 3.15. The molecule has 0 saturated heterocycles. The van der Waals surface area contributed by atoms with E-state index in [0.717, 1.165) is 32.8 Å². The highest BCUT2D eigenvalue weighted by atomic mass is 79.9. The van der Waals surface area contributed by atoms with Crippen molar-refractivity contribution in [3.63, 3.8) is 0 Å². The van der Waals surface area contributed by atoms with E-state index in [2.05, 4.69) is 26.2 Å². The number of rotatable bonds is 8. The number of methoxy groups -OCH3 is 1. The second-order valence-electron chi connectivity index (χ2n) is 6.20. The van der Waals surface area contributed by atoms with Gasteiger partial charge in [0.1, 0.15) is 11.5 Å². The summed E-state index contributed by atoms with van der Waals surface area (Å²) >= 11 is 4.89. The number of benzene rings is 2. The lowest BCUT2D eigenvalue weighted by Gasteiger charge is -2.08. The van der Waals surface area contributed by atoms with Gasteiger partial charge in [0.05, 0.1) is 23.9 Å². The van der Waals surface area contributed by atoms with Crippen LogP contribution in [0, 0.1) is 6.92 Å². The van der Waals surface area contributed by atoms with Crippen LogP contribution in [0.3, 0.4) is 0 Å². The molecule has 0 unspecified atom stereocenters. The van der Waals surface area contributed by atoms with Crippen molar-refractivity contribution in [2.24, 2.45) is 0 Å². The van der Waals surface area contributed by atoms with Crippen molar-refractivity contribution in [1.82, 2.24) is 4.98 Å². The van der Waals surface area contributed by atoms with Crippen molar-refractivity contribution in [3.8, 4) is 22.8 Å². The molecule has 28 heavy (non-hydrogen) atoms. The van der Waals surface area contributed by atoms with Gasteiger partial charge in [-0.2, -0.15) is 0 Å². The Labute approximate surface area is 176 Å². The highest BCUT2D eigenvalue weighted by Gasteiger charge is 2.09. The third-order valence-electron chi connectivity index (χ3n) is 4.01. The van der Waals surface area contributed by atoms with Gasteiger partial charge in [-0.25, -0.2) is 4.98 Å². The number of amides is 1. The Hall–Kier alpha value is -2.38. The van der Waals surface area contributed by atoms with Crippen molar-refractivity contribution in [2.75, 3.05) is 19.0 Å². The fraction of sp³-hybridized carbons (Fsp3) is 0.238. The Morgan fingerprint density at radius 3 is 2.89 bits per heavy atom. The maximum absolute atomic E-state index is 12.2. The second kappa shape index (κ2) is 9.71. The number of ether oxygens (including phenoxy) is 2. The summed E-state index contributed by atoms with van der Waals surface area (Å²) in [6.07, 6.45) is 0.998. The SMILES string of the molecule is COc1cccc(-c2csc(NC(=O)CCCOc3ccc(C)cc3Br)n2)c1. The molecule has 5 nitrogen and oxygen atoms in total. The number of carbonyl (C=O) groups is 1. The fourth-order valence-corrected chi connectivity index (χ4v) is 3.91. The first kappa shape index (κ1) is 20.4. The summed E-state index contributed by atoms with van der Waals surface area (Å²) in [5.41, 5.74) is 2.93. The monoisotopic (exact) mass is 460 g/mol. The summed E-state index contributed by atoms with van der Waals surface area (Å²) in [7, 11) is 1.63. The summed E-state index contributed by atoms with van der Waals surface area (Å²) in [5, 5.41) is 5.36. The maximum atomic E-state index is 12.2. The van der Waals surface area contributed by atoms with Crippen LogP contribution < -0.4 is 14.8 Å². The van der Waals surface area contributed by atoms with E-state index in [-0.39, 0.29) is 5.91 Å². The van der Waals surface area contributed by atoms with Crippen LogP contribution in [0.5, 0.6) is 11.5 Å². The van der Waals surface area contributed by atoms with Crippen molar-refractivity contribution in [1.29, 1.82) is 0 Å². The first-order valence-corrected chi connectivity index (χ1v) is 10.5. The van der Waals surface area contributed by atoms with Gasteiger partial charge in [-0.1, -0.05) is 18.2 Å². The number of anilines is 1. The summed E-state index contributed by atoms with van der Waals surface area (Å²) < 4.78 is 11.9. The first-order valence-electron chi connectivity index (χ1n) is 8.84. The maximum Gasteiger partial charge on any atom is 0.226 e. The van der Waals surface area contributed by atoms with E-state index in [1.165, 1.54) is 11.3 Å². The first-order chi connectivity index (χ1) is 13.5. The molecule has 1 heterocycles. The zero-order valence-corrected chi connectivity index (χ0v) is 18.1. The predicted octanol–water partition coefficient (Wildman–Crippen LogP) is 5.69. The van der Waals surface area contributed by atoms with E-state index in [9.17, 15) is 4.79 Å². The van der Waals surface area contributed by atoms with Crippen LogP contribution in [-0.4, -0.2) is 24.6 Å². The molecule has 1 aromatic heterocycles. The quantitative estimate of drug-likeness (QED) is 0.438. The van der Waals surface area contributed by atoms with Crippen LogP contribution in [0.4, 0.5) is 5.13 Å². The van der Waals surface area contributed by atoms with Crippen LogP contribution in [0.1, 0.15) is 18.4 Å². The molecule has 2 aromatic carbocycles. The Bertz CT molecular complexity index is 958. The predicted molar refractivity (Wildman–Crippen MR) is 116 cm³/mol. The molecule has 0 radical (unpaired) electrons. The highest BCUT2D eigenvalue weighted by Crippen LogP contribution is 2.28. The molecule has 0 aliphatic heterocycles. The Morgan fingerprint density at radius 1 is 1.25 bits per heavy atom.